The summed E-state index contributed by atoms with van der Waals surface area (Å²) in [6.45, 7) is 0.330. The maximum atomic E-state index is 11.1. The van der Waals surface area contributed by atoms with Gasteiger partial charge in [-0.15, -0.1) is 0 Å². The first-order valence-corrected chi connectivity index (χ1v) is 4.91. The first-order valence-electron chi connectivity index (χ1n) is 4.91. The van der Waals surface area contributed by atoms with Crippen LogP contribution in [0.25, 0.3) is 0 Å². The summed E-state index contributed by atoms with van der Waals surface area (Å²) in [4.78, 5) is 21.6. The average Bonchev–Trinajstić information content (AvgIpc) is 2.32. The molecule has 0 aromatic heterocycles. The van der Waals surface area contributed by atoms with E-state index in [1.54, 1.807) is 0 Å². The number of carbonyl (C=O) groups is 2. The average molecular weight is 251 g/mol. The molecule has 0 radical (unpaired) electrons. The van der Waals surface area contributed by atoms with Crippen LogP contribution < -0.4 is 5.73 Å². The van der Waals surface area contributed by atoms with Crippen LogP contribution in [0.1, 0.15) is 6.92 Å². The quantitative estimate of drug-likeness (QED) is 0.231. The molecule has 8 nitrogen and oxygen atoms in total. The van der Waals surface area contributed by atoms with E-state index in [0.717, 1.165) is 6.92 Å². The standard InChI is InChI=1S/C9H17NO7/c1-4(13)9(16)17-8(5(10)2-11)7(15)6(14)3-12/h2,4-8,12-15H,3,10H2,1H3/t4?,5-,6+,7+,8+/m0/s1. The second-order valence-corrected chi connectivity index (χ2v) is 3.53. The third-order valence-corrected chi connectivity index (χ3v) is 2.05. The van der Waals surface area contributed by atoms with Crippen LogP contribution in [0, 0.1) is 0 Å². The van der Waals surface area contributed by atoms with Gasteiger partial charge in [0.2, 0.25) is 0 Å². The molecule has 1 unspecified atom stereocenters. The minimum absolute atomic E-state index is 0.216. The Balaban J connectivity index is 4.76. The van der Waals surface area contributed by atoms with Crippen molar-refractivity contribution in [1.29, 1.82) is 0 Å². The fraction of sp³-hybridized carbons (Fsp3) is 0.778. The molecule has 0 spiro atoms. The molecule has 0 fully saturated rings. The highest BCUT2D eigenvalue weighted by atomic mass is 16.6. The summed E-state index contributed by atoms with van der Waals surface area (Å²) in [5.41, 5.74) is 5.28. The van der Waals surface area contributed by atoms with E-state index in [1.807, 2.05) is 0 Å². The van der Waals surface area contributed by atoms with Crippen LogP contribution in [0.3, 0.4) is 0 Å². The number of aliphatic hydroxyl groups excluding tert-OH is 4. The SMILES string of the molecule is CC(O)C(=O)O[C@@H]([C@H](O)[C@H](O)CO)[C@@H](N)C=O. The molecule has 17 heavy (non-hydrogen) atoms. The highest BCUT2D eigenvalue weighted by Crippen LogP contribution is 2.09. The van der Waals surface area contributed by atoms with Crippen molar-refractivity contribution in [1.82, 2.24) is 0 Å². The van der Waals surface area contributed by atoms with Gasteiger partial charge < -0.3 is 35.7 Å². The van der Waals surface area contributed by atoms with Crippen LogP contribution in [-0.2, 0) is 14.3 Å². The number of esters is 1. The number of ether oxygens (including phenoxy) is 1. The van der Waals surface area contributed by atoms with Crippen LogP contribution in [-0.4, -0.2) is 69.7 Å². The lowest BCUT2D eigenvalue weighted by Crippen LogP contribution is -2.53. The Kier molecular flexibility index (Phi) is 6.85. The van der Waals surface area contributed by atoms with Gasteiger partial charge in [0, 0.05) is 0 Å². The van der Waals surface area contributed by atoms with Gasteiger partial charge in [0.25, 0.3) is 0 Å². The Bertz CT molecular complexity index is 258. The van der Waals surface area contributed by atoms with Crippen molar-refractivity contribution in [2.75, 3.05) is 6.61 Å². The van der Waals surface area contributed by atoms with E-state index < -0.39 is 43.0 Å². The largest absolute Gasteiger partial charge is 0.455 e. The summed E-state index contributed by atoms with van der Waals surface area (Å²) < 4.78 is 4.58. The summed E-state index contributed by atoms with van der Waals surface area (Å²) in [6, 6.07) is -1.38. The topological polar surface area (TPSA) is 150 Å². The zero-order valence-corrected chi connectivity index (χ0v) is 9.26. The molecule has 0 aliphatic carbocycles. The second-order valence-electron chi connectivity index (χ2n) is 3.53. The zero-order chi connectivity index (χ0) is 13.6. The Morgan fingerprint density at radius 3 is 2.29 bits per heavy atom. The molecule has 0 saturated carbocycles. The number of rotatable bonds is 7. The summed E-state index contributed by atoms with van der Waals surface area (Å²) in [5.74, 6) is -1.10. The van der Waals surface area contributed by atoms with Gasteiger partial charge in [-0.3, -0.25) is 0 Å². The van der Waals surface area contributed by atoms with Crippen molar-refractivity contribution in [3.8, 4) is 0 Å². The monoisotopic (exact) mass is 251 g/mol. The molecule has 8 heteroatoms. The van der Waals surface area contributed by atoms with Crippen molar-refractivity contribution in [2.45, 2.75) is 37.4 Å². The predicted molar refractivity (Wildman–Crippen MR) is 54.7 cm³/mol. The summed E-state index contributed by atoms with van der Waals surface area (Å²) >= 11 is 0. The predicted octanol–water partition coefficient (Wildman–Crippen LogP) is -3.48. The normalized spacial score (nSPS) is 19.9. The first-order chi connectivity index (χ1) is 7.84. The van der Waals surface area contributed by atoms with E-state index in [2.05, 4.69) is 4.74 Å². The van der Waals surface area contributed by atoms with Gasteiger partial charge in [-0.1, -0.05) is 0 Å². The number of hydrogen-bond donors (Lipinski definition) is 5. The summed E-state index contributed by atoms with van der Waals surface area (Å²) in [7, 11) is 0. The minimum Gasteiger partial charge on any atom is -0.455 e. The summed E-state index contributed by atoms with van der Waals surface area (Å²) in [5, 5.41) is 36.2. The smallest absolute Gasteiger partial charge is 0.335 e. The minimum atomic E-state index is -1.73. The van der Waals surface area contributed by atoms with E-state index in [1.165, 1.54) is 0 Å². The maximum Gasteiger partial charge on any atom is 0.335 e. The molecule has 0 aromatic rings. The van der Waals surface area contributed by atoms with Gasteiger partial charge in [-0.05, 0) is 6.92 Å². The molecular weight excluding hydrogens is 234 g/mol. The Labute approximate surface area is 97.6 Å². The van der Waals surface area contributed by atoms with Crippen molar-refractivity contribution in [3.63, 3.8) is 0 Å². The van der Waals surface area contributed by atoms with Crippen molar-refractivity contribution in [3.05, 3.63) is 0 Å². The zero-order valence-electron chi connectivity index (χ0n) is 9.26. The maximum absolute atomic E-state index is 11.1. The van der Waals surface area contributed by atoms with Crippen LogP contribution in [0.4, 0.5) is 0 Å². The van der Waals surface area contributed by atoms with E-state index in [-0.39, 0.29) is 6.29 Å². The highest BCUT2D eigenvalue weighted by molar-refractivity contribution is 5.74. The van der Waals surface area contributed by atoms with Crippen LogP contribution in [0.5, 0.6) is 0 Å². The summed E-state index contributed by atoms with van der Waals surface area (Å²) in [6.07, 6.45) is -6.14. The van der Waals surface area contributed by atoms with Crippen LogP contribution in [0.2, 0.25) is 0 Å². The van der Waals surface area contributed by atoms with Gasteiger partial charge in [0.1, 0.15) is 30.6 Å². The second kappa shape index (κ2) is 7.30. The van der Waals surface area contributed by atoms with Gasteiger partial charge in [0.05, 0.1) is 6.61 Å². The first kappa shape index (κ1) is 15.9. The molecule has 100 valence electrons. The lowest BCUT2D eigenvalue weighted by atomic mass is 10.0. The lowest BCUT2D eigenvalue weighted by Gasteiger charge is -2.28. The van der Waals surface area contributed by atoms with E-state index in [9.17, 15) is 14.7 Å². The molecule has 0 aliphatic rings. The van der Waals surface area contributed by atoms with Gasteiger partial charge in [0.15, 0.2) is 6.10 Å². The van der Waals surface area contributed by atoms with Gasteiger partial charge in [-0.25, -0.2) is 4.79 Å². The molecule has 0 heterocycles. The number of aldehydes is 1. The fourth-order valence-electron chi connectivity index (χ4n) is 1.01. The third kappa shape index (κ3) is 4.75. The molecule has 0 aliphatic heterocycles. The molecule has 0 saturated heterocycles. The Hall–Kier alpha value is -1.06. The molecule has 0 amide bonds. The molecule has 6 N–H and O–H groups in total. The molecule has 0 bridgehead atoms. The van der Waals surface area contributed by atoms with Crippen molar-refractivity contribution < 1.29 is 34.8 Å². The highest BCUT2D eigenvalue weighted by Gasteiger charge is 2.34. The fourth-order valence-corrected chi connectivity index (χ4v) is 1.01. The number of aliphatic hydroxyl groups is 4. The lowest BCUT2D eigenvalue weighted by molar-refractivity contribution is -0.171. The Morgan fingerprint density at radius 1 is 1.41 bits per heavy atom. The van der Waals surface area contributed by atoms with Gasteiger partial charge >= 0.3 is 5.97 Å². The molecule has 0 rings (SSSR count). The van der Waals surface area contributed by atoms with Crippen molar-refractivity contribution in [2.24, 2.45) is 5.73 Å². The molecule has 5 atom stereocenters. The third-order valence-electron chi connectivity index (χ3n) is 2.05. The van der Waals surface area contributed by atoms with Gasteiger partial charge in [-0.2, -0.15) is 0 Å². The number of nitrogens with two attached hydrogens (primary N) is 1. The van der Waals surface area contributed by atoms with E-state index in [0.29, 0.717) is 0 Å². The van der Waals surface area contributed by atoms with Crippen molar-refractivity contribution >= 4 is 12.3 Å². The number of hydrogen-bond acceptors (Lipinski definition) is 8. The van der Waals surface area contributed by atoms with Crippen LogP contribution >= 0.6 is 0 Å². The van der Waals surface area contributed by atoms with E-state index >= 15 is 0 Å². The van der Waals surface area contributed by atoms with E-state index in [4.69, 9.17) is 21.1 Å². The Morgan fingerprint density at radius 2 is 1.94 bits per heavy atom. The van der Waals surface area contributed by atoms with Crippen LogP contribution in [0.15, 0.2) is 0 Å². The number of carbonyl (C=O) groups excluding carboxylic acids is 2. The molecular formula is C9H17NO7. The molecule has 0 aromatic carbocycles.